The van der Waals surface area contributed by atoms with Crippen molar-refractivity contribution in [2.24, 2.45) is 5.16 Å². The zero-order chi connectivity index (χ0) is 23.7. The van der Waals surface area contributed by atoms with Crippen molar-refractivity contribution >= 4 is 79.4 Å². The number of hydrogen-bond donors (Lipinski definition) is 3. The Balaban J connectivity index is 1.54. The van der Waals surface area contributed by atoms with Gasteiger partial charge in [-0.15, -0.1) is 23.1 Å². The molecule has 0 radical (unpaired) electrons. The van der Waals surface area contributed by atoms with Gasteiger partial charge in [0, 0.05) is 25.4 Å². The number of carboxylic acid groups (broad SMARTS) is 1. The lowest BCUT2D eigenvalue weighted by Crippen LogP contribution is -2.71. The Morgan fingerprint density at radius 3 is 2.82 bits per heavy atom. The molecular formula is C19H16BrN5O5S3. The van der Waals surface area contributed by atoms with Gasteiger partial charge in [0.15, 0.2) is 10.8 Å². The first-order chi connectivity index (χ1) is 15.8. The highest BCUT2D eigenvalue weighted by atomic mass is 79.9. The first kappa shape index (κ1) is 23.6. The summed E-state index contributed by atoms with van der Waals surface area (Å²) in [6.45, 7) is 0. The highest BCUT2D eigenvalue weighted by Crippen LogP contribution is 2.46. The van der Waals surface area contributed by atoms with Crippen LogP contribution in [0.1, 0.15) is 5.69 Å². The minimum Gasteiger partial charge on any atom is -0.477 e. The van der Waals surface area contributed by atoms with E-state index in [2.05, 4.69) is 31.4 Å². The number of anilines is 1. The summed E-state index contributed by atoms with van der Waals surface area (Å²) in [5.41, 5.74) is 5.65. The van der Waals surface area contributed by atoms with E-state index in [0.717, 1.165) is 20.7 Å². The van der Waals surface area contributed by atoms with Crippen molar-refractivity contribution in [1.29, 1.82) is 0 Å². The number of nitrogen functional groups attached to an aromatic ring is 1. The number of hydrogen-bond acceptors (Lipinski definition) is 10. The quantitative estimate of drug-likeness (QED) is 0.259. The van der Waals surface area contributed by atoms with Gasteiger partial charge < -0.3 is 21.0 Å². The summed E-state index contributed by atoms with van der Waals surface area (Å²) in [5.74, 6) is -2.02. The molecule has 10 nitrogen and oxygen atoms in total. The van der Waals surface area contributed by atoms with Gasteiger partial charge in [-0.25, -0.2) is 9.78 Å². The van der Waals surface area contributed by atoms with Gasteiger partial charge in [0.1, 0.15) is 29.9 Å². The van der Waals surface area contributed by atoms with Crippen molar-refractivity contribution in [1.82, 2.24) is 15.2 Å². The Morgan fingerprint density at radius 2 is 2.18 bits per heavy atom. The van der Waals surface area contributed by atoms with Gasteiger partial charge >= 0.3 is 5.97 Å². The van der Waals surface area contributed by atoms with Gasteiger partial charge in [-0.3, -0.25) is 14.5 Å². The van der Waals surface area contributed by atoms with Crippen LogP contribution in [0, 0.1) is 0 Å². The van der Waals surface area contributed by atoms with Gasteiger partial charge in [-0.05, 0) is 28.1 Å². The summed E-state index contributed by atoms with van der Waals surface area (Å²) in [6, 6.07) is 6.52. The van der Waals surface area contributed by atoms with Gasteiger partial charge in [0.2, 0.25) is 0 Å². The van der Waals surface area contributed by atoms with Crippen molar-refractivity contribution in [3.63, 3.8) is 0 Å². The van der Waals surface area contributed by atoms with Crippen LogP contribution in [0.3, 0.4) is 0 Å². The Hall–Kier alpha value is -2.55. The molecule has 2 atom stereocenters. The molecule has 1 aromatic carbocycles. The van der Waals surface area contributed by atoms with Crippen LogP contribution < -0.4 is 11.1 Å². The molecule has 2 aromatic rings. The number of benzene rings is 1. The molecule has 3 heterocycles. The van der Waals surface area contributed by atoms with Crippen LogP contribution in [-0.4, -0.2) is 62.8 Å². The monoisotopic (exact) mass is 569 g/mol. The van der Waals surface area contributed by atoms with E-state index in [1.54, 1.807) is 5.38 Å². The Labute approximate surface area is 208 Å². The molecule has 0 bridgehead atoms. The number of carboxylic acids is 1. The molecule has 33 heavy (non-hydrogen) atoms. The first-order valence-electron chi connectivity index (χ1n) is 9.28. The van der Waals surface area contributed by atoms with Crippen LogP contribution in [0.4, 0.5) is 5.13 Å². The first-order valence-corrected chi connectivity index (χ1v) is 12.8. The number of aromatic nitrogens is 1. The van der Waals surface area contributed by atoms with E-state index in [0.29, 0.717) is 10.7 Å². The number of fused-ring (bicyclic) bond motifs is 1. The maximum Gasteiger partial charge on any atom is 0.353 e. The van der Waals surface area contributed by atoms with E-state index >= 15 is 0 Å². The molecule has 0 spiro atoms. The van der Waals surface area contributed by atoms with Crippen molar-refractivity contribution in [3.8, 4) is 0 Å². The summed E-state index contributed by atoms with van der Waals surface area (Å²) in [6.07, 6.45) is 0. The number of rotatable bonds is 7. The number of carbonyl (C=O) groups is 3. The van der Waals surface area contributed by atoms with Crippen molar-refractivity contribution in [3.05, 3.63) is 50.4 Å². The van der Waals surface area contributed by atoms with Crippen molar-refractivity contribution in [2.75, 3.05) is 18.6 Å². The van der Waals surface area contributed by atoms with E-state index in [1.165, 1.54) is 35.5 Å². The van der Waals surface area contributed by atoms with E-state index < -0.39 is 29.2 Å². The predicted octanol–water partition coefficient (Wildman–Crippen LogP) is 2.33. The number of oxime groups is 1. The van der Waals surface area contributed by atoms with Gasteiger partial charge in [-0.2, -0.15) is 0 Å². The molecule has 172 valence electrons. The maximum atomic E-state index is 12.9. The Kier molecular flexibility index (Phi) is 6.97. The molecule has 1 saturated heterocycles. The van der Waals surface area contributed by atoms with Gasteiger partial charge in [0.25, 0.3) is 11.8 Å². The molecule has 2 amide bonds. The molecule has 2 aliphatic rings. The standard InChI is InChI=1S/C19H16BrN5O5S3/c1-30-24-12(9-6-32-19(21)22-9)15(26)23-13-16(27)25-14(18(28)29)11(7-31-17(13)25)33-10-5-3-2-4-8(10)20/h2-6,13,17H,7H2,1H3,(H2,21,22)(H,23,26)(H,28,29)/b24-12+/t13-,17-/m1/s1. The third kappa shape index (κ3) is 4.60. The third-order valence-electron chi connectivity index (χ3n) is 4.65. The number of nitrogens with two attached hydrogens (primary N) is 1. The van der Waals surface area contributed by atoms with Gasteiger partial charge in [-0.1, -0.05) is 29.1 Å². The smallest absolute Gasteiger partial charge is 0.353 e. The maximum absolute atomic E-state index is 12.9. The van der Waals surface area contributed by atoms with Crippen LogP contribution in [-0.2, 0) is 19.2 Å². The Morgan fingerprint density at radius 1 is 1.42 bits per heavy atom. The normalized spacial score (nSPS) is 20.2. The minimum atomic E-state index is -1.20. The van der Waals surface area contributed by atoms with E-state index in [9.17, 15) is 19.5 Å². The molecular weight excluding hydrogens is 554 g/mol. The number of nitrogens with one attached hydrogen (secondary N) is 1. The van der Waals surface area contributed by atoms with Crippen molar-refractivity contribution in [2.45, 2.75) is 16.3 Å². The number of nitrogens with zero attached hydrogens (tertiary/aromatic N) is 3. The average Bonchev–Trinajstić information content (AvgIpc) is 3.22. The fraction of sp³-hybridized carbons (Fsp3) is 0.211. The number of carbonyl (C=O) groups excluding carboxylic acids is 2. The van der Waals surface area contributed by atoms with Crippen LogP contribution in [0.15, 0.2) is 54.8 Å². The largest absolute Gasteiger partial charge is 0.477 e. The number of thioether (sulfide) groups is 2. The van der Waals surface area contributed by atoms with Crippen LogP contribution in [0.25, 0.3) is 0 Å². The molecule has 14 heteroatoms. The van der Waals surface area contributed by atoms with E-state index in [1.807, 2.05) is 24.3 Å². The fourth-order valence-electron chi connectivity index (χ4n) is 3.23. The minimum absolute atomic E-state index is 0.0759. The summed E-state index contributed by atoms with van der Waals surface area (Å²) >= 11 is 7.26. The molecule has 2 aliphatic heterocycles. The third-order valence-corrected chi connectivity index (χ3v) is 8.90. The number of aliphatic carboxylic acids is 1. The number of amides is 2. The lowest BCUT2D eigenvalue weighted by molar-refractivity contribution is -0.150. The van der Waals surface area contributed by atoms with Gasteiger partial charge in [0.05, 0.1) is 0 Å². The highest BCUT2D eigenvalue weighted by molar-refractivity contribution is 9.10. The van der Waals surface area contributed by atoms with Crippen LogP contribution >= 0.6 is 50.8 Å². The molecule has 1 fully saturated rings. The summed E-state index contributed by atoms with van der Waals surface area (Å²) < 4.78 is 0.826. The zero-order valence-electron chi connectivity index (χ0n) is 16.9. The van der Waals surface area contributed by atoms with Crippen molar-refractivity contribution < 1.29 is 24.3 Å². The van der Waals surface area contributed by atoms with Crippen LogP contribution in [0.2, 0.25) is 0 Å². The fourth-order valence-corrected chi connectivity index (χ4v) is 6.80. The second kappa shape index (κ2) is 9.75. The lowest BCUT2D eigenvalue weighted by atomic mass is 10.0. The average molecular weight is 570 g/mol. The molecule has 1 aromatic heterocycles. The SMILES string of the molecule is CO/N=C(/C(=O)N[C@@H]1C(=O)N2C(C(=O)O)=C(Sc3ccccc3Br)CS[C@H]12)c1csc(N)n1. The molecule has 0 saturated carbocycles. The molecule has 0 unspecified atom stereocenters. The number of β-lactam (4-membered cyclic amide) rings is 1. The molecule has 4 rings (SSSR count). The van der Waals surface area contributed by atoms with Crippen LogP contribution in [0.5, 0.6) is 0 Å². The second-order valence-corrected chi connectivity index (χ2v) is 10.6. The summed E-state index contributed by atoms with van der Waals surface area (Å²) in [7, 11) is 1.28. The predicted molar refractivity (Wildman–Crippen MR) is 130 cm³/mol. The van der Waals surface area contributed by atoms with E-state index in [-0.39, 0.29) is 22.2 Å². The second-order valence-electron chi connectivity index (χ2n) is 6.66. The number of thiazole rings is 1. The Bertz CT molecular complexity index is 1200. The topological polar surface area (TPSA) is 147 Å². The highest BCUT2D eigenvalue weighted by Gasteiger charge is 2.54. The number of halogens is 1. The van der Waals surface area contributed by atoms with E-state index in [4.69, 9.17) is 10.6 Å². The lowest BCUT2D eigenvalue weighted by Gasteiger charge is -2.49. The summed E-state index contributed by atoms with van der Waals surface area (Å²) in [4.78, 5) is 49.2. The summed E-state index contributed by atoms with van der Waals surface area (Å²) in [5, 5.41) is 17.4. The zero-order valence-corrected chi connectivity index (χ0v) is 20.9. The molecule has 0 aliphatic carbocycles. The molecule has 4 N–H and O–H groups in total.